The largest absolute Gasteiger partial charge is 0.497 e. The van der Waals surface area contributed by atoms with Crippen molar-refractivity contribution in [2.24, 2.45) is 0 Å². The van der Waals surface area contributed by atoms with Crippen LogP contribution in [0.3, 0.4) is 0 Å². The van der Waals surface area contributed by atoms with Crippen LogP contribution in [-0.4, -0.2) is 23.2 Å². The molecule has 0 aliphatic carbocycles. The molecular formula is C20H21N3O3. The SMILES string of the molecule is COc1ccc(-c2noc(CNC(=O)c3cc(C)c(C)cc3C)n2)cc1. The molecule has 134 valence electrons. The maximum absolute atomic E-state index is 12.4. The van der Waals surface area contributed by atoms with Crippen LogP contribution in [0.2, 0.25) is 0 Å². The lowest BCUT2D eigenvalue weighted by molar-refractivity contribution is 0.0945. The van der Waals surface area contributed by atoms with Crippen LogP contribution in [0.1, 0.15) is 32.9 Å². The second-order valence-electron chi connectivity index (χ2n) is 6.17. The number of benzene rings is 2. The van der Waals surface area contributed by atoms with Crippen molar-refractivity contribution in [2.45, 2.75) is 27.3 Å². The molecule has 0 radical (unpaired) electrons. The number of amides is 1. The highest BCUT2D eigenvalue weighted by Gasteiger charge is 2.13. The molecule has 3 aromatic rings. The molecular weight excluding hydrogens is 330 g/mol. The number of hydrogen-bond donors (Lipinski definition) is 1. The highest BCUT2D eigenvalue weighted by Crippen LogP contribution is 2.20. The van der Waals surface area contributed by atoms with Gasteiger partial charge in [-0.25, -0.2) is 0 Å². The molecule has 0 atom stereocenters. The number of carbonyl (C=O) groups is 1. The first-order valence-electron chi connectivity index (χ1n) is 8.31. The minimum Gasteiger partial charge on any atom is -0.497 e. The number of rotatable bonds is 5. The molecule has 3 rings (SSSR count). The second kappa shape index (κ2) is 7.39. The number of nitrogens with one attached hydrogen (secondary N) is 1. The van der Waals surface area contributed by atoms with E-state index in [1.165, 1.54) is 5.56 Å². The quantitative estimate of drug-likeness (QED) is 0.760. The molecule has 0 bridgehead atoms. The highest BCUT2D eigenvalue weighted by molar-refractivity contribution is 5.95. The summed E-state index contributed by atoms with van der Waals surface area (Å²) in [6.45, 7) is 6.12. The Hall–Kier alpha value is -3.15. The third kappa shape index (κ3) is 3.74. The zero-order chi connectivity index (χ0) is 18.7. The predicted molar refractivity (Wildman–Crippen MR) is 98.1 cm³/mol. The molecule has 0 unspecified atom stereocenters. The van der Waals surface area contributed by atoms with E-state index >= 15 is 0 Å². The van der Waals surface area contributed by atoms with Crippen LogP contribution in [0.25, 0.3) is 11.4 Å². The topological polar surface area (TPSA) is 77.3 Å². The molecule has 0 saturated carbocycles. The lowest BCUT2D eigenvalue weighted by Gasteiger charge is -2.09. The number of ether oxygens (including phenoxy) is 1. The first-order valence-corrected chi connectivity index (χ1v) is 8.31. The van der Waals surface area contributed by atoms with E-state index in [1.807, 2.05) is 57.2 Å². The molecule has 1 amide bonds. The van der Waals surface area contributed by atoms with Gasteiger partial charge in [0.1, 0.15) is 5.75 Å². The van der Waals surface area contributed by atoms with Gasteiger partial charge in [-0.15, -0.1) is 0 Å². The van der Waals surface area contributed by atoms with Crippen molar-refractivity contribution >= 4 is 5.91 Å². The smallest absolute Gasteiger partial charge is 0.251 e. The maximum atomic E-state index is 12.4. The minimum atomic E-state index is -0.158. The number of methoxy groups -OCH3 is 1. The van der Waals surface area contributed by atoms with E-state index in [0.717, 1.165) is 22.4 Å². The Morgan fingerprint density at radius 2 is 1.77 bits per heavy atom. The third-order valence-corrected chi connectivity index (χ3v) is 4.30. The summed E-state index contributed by atoms with van der Waals surface area (Å²) < 4.78 is 10.4. The first kappa shape index (κ1) is 17.7. The van der Waals surface area contributed by atoms with Crippen LogP contribution in [0.5, 0.6) is 5.75 Å². The molecule has 1 aromatic heterocycles. The average molecular weight is 351 g/mol. The first-order chi connectivity index (χ1) is 12.5. The summed E-state index contributed by atoms with van der Waals surface area (Å²) in [7, 11) is 1.61. The Kier molecular flexibility index (Phi) is 5.02. The summed E-state index contributed by atoms with van der Waals surface area (Å²) in [5.41, 5.74) is 4.66. The zero-order valence-electron chi connectivity index (χ0n) is 15.3. The fourth-order valence-corrected chi connectivity index (χ4v) is 2.64. The maximum Gasteiger partial charge on any atom is 0.251 e. The monoisotopic (exact) mass is 351 g/mol. The van der Waals surface area contributed by atoms with E-state index in [2.05, 4.69) is 15.5 Å². The van der Waals surface area contributed by atoms with Crippen LogP contribution in [0.15, 0.2) is 40.9 Å². The lowest BCUT2D eigenvalue weighted by atomic mass is 10.0. The van der Waals surface area contributed by atoms with Gasteiger partial charge in [0.25, 0.3) is 5.91 Å². The summed E-state index contributed by atoms with van der Waals surface area (Å²) in [5, 5.41) is 6.79. The van der Waals surface area contributed by atoms with Gasteiger partial charge in [-0.3, -0.25) is 4.79 Å². The van der Waals surface area contributed by atoms with Gasteiger partial charge in [0.05, 0.1) is 13.7 Å². The van der Waals surface area contributed by atoms with Gasteiger partial charge in [-0.2, -0.15) is 4.98 Å². The van der Waals surface area contributed by atoms with Gasteiger partial charge in [0, 0.05) is 11.1 Å². The van der Waals surface area contributed by atoms with Crippen molar-refractivity contribution in [3.05, 3.63) is 64.5 Å². The Bertz CT molecular complexity index is 930. The van der Waals surface area contributed by atoms with E-state index in [-0.39, 0.29) is 12.5 Å². The van der Waals surface area contributed by atoms with E-state index in [1.54, 1.807) is 7.11 Å². The number of nitrogens with zero attached hydrogens (tertiary/aromatic N) is 2. The highest BCUT2D eigenvalue weighted by atomic mass is 16.5. The molecule has 0 aliphatic heterocycles. The fourth-order valence-electron chi connectivity index (χ4n) is 2.64. The number of aromatic nitrogens is 2. The van der Waals surface area contributed by atoms with E-state index in [0.29, 0.717) is 17.3 Å². The molecule has 0 aliphatic rings. The minimum absolute atomic E-state index is 0.158. The molecule has 26 heavy (non-hydrogen) atoms. The molecule has 0 fully saturated rings. The van der Waals surface area contributed by atoms with Gasteiger partial charge in [-0.05, 0) is 67.8 Å². The van der Waals surface area contributed by atoms with Gasteiger partial charge in [-0.1, -0.05) is 11.2 Å². The van der Waals surface area contributed by atoms with Crippen LogP contribution in [0, 0.1) is 20.8 Å². The third-order valence-electron chi connectivity index (χ3n) is 4.30. The van der Waals surface area contributed by atoms with Crippen LogP contribution < -0.4 is 10.1 Å². The number of carbonyl (C=O) groups excluding carboxylic acids is 1. The molecule has 0 spiro atoms. The van der Waals surface area contributed by atoms with Crippen molar-refractivity contribution in [3.63, 3.8) is 0 Å². The molecule has 0 saturated heterocycles. The number of aryl methyl sites for hydroxylation is 3. The van der Waals surface area contributed by atoms with Gasteiger partial charge >= 0.3 is 0 Å². The van der Waals surface area contributed by atoms with E-state index in [4.69, 9.17) is 9.26 Å². The summed E-state index contributed by atoms with van der Waals surface area (Å²) in [4.78, 5) is 16.8. The van der Waals surface area contributed by atoms with E-state index < -0.39 is 0 Å². The molecule has 1 heterocycles. The van der Waals surface area contributed by atoms with Gasteiger partial charge in [0.15, 0.2) is 0 Å². The second-order valence-corrected chi connectivity index (χ2v) is 6.17. The Morgan fingerprint density at radius 3 is 2.46 bits per heavy atom. The normalized spacial score (nSPS) is 10.6. The average Bonchev–Trinajstić information content (AvgIpc) is 3.12. The molecule has 6 heteroatoms. The standard InChI is InChI=1S/C20H21N3O3/c1-12-9-14(3)17(10-13(12)2)20(24)21-11-18-22-19(23-26-18)15-5-7-16(25-4)8-6-15/h5-10H,11H2,1-4H3,(H,21,24). The molecule has 1 N–H and O–H groups in total. The van der Waals surface area contributed by atoms with Crippen LogP contribution in [-0.2, 0) is 6.54 Å². The zero-order valence-corrected chi connectivity index (χ0v) is 15.3. The lowest BCUT2D eigenvalue weighted by Crippen LogP contribution is -2.24. The van der Waals surface area contributed by atoms with Crippen molar-refractivity contribution in [3.8, 4) is 17.1 Å². The summed E-state index contributed by atoms with van der Waals surface area (Å²) in [5.74, 6) is 1.42. The Morgan fingerprint density at radius 1 is 1.08 bits per heavy atom. The van der Waals surface area contributed by atoms with Crippen molar-refractivity contribution in [1.82, 2.24) is 15.5 Å². The predicted octanol–water partition coefficient (Wildman–Crippen LogP) is 3.60. The molecule has 2 aromatic carbocycles. The summed E-state index contributed by atoms with van der Waals surface area (Å²) >= 11 is 0. The fraction of sp³-hybridized carbons (Fsp3) is 0.250. The van der Waals surface area contributed by atoms with Crippen molar-refractivity contribution < 1.29 is 14.1 Å². The van der Waals surface area contributed by atoms with Crippen molar-refractivity contribution in [2.75, 3.05) is 7.11 Å². The van der Waals surface area contributed by atoms with Gasteiger partial charge in [0.2, 0.25) is 11.7 Å². The Balaban J connectivity index is 1.68. The van der Waals surface area contributed by atoms with Gasteiger partial charge < -0.3 is 14.6 Å². The van der Waals surface area contributed by atoms with Crippen molar-refractivity contribution in [1.29, 1.82) is 0 Å². The summed E-state index contributed by atoms with van der Waals surface area (Å²) in [6, 6.07) is 11.3. The summed E-state index contributed by atoms with van der Waals surface area (Å²) in [6.07, 6.45) is 0. The van der Waals surface area contributed by atoms with Crippen LogP contribution >= 0.6 is 0 Å². The van der Waals surface area contributed by atoms with Crippen LogP contribution in [0.4, 0.5) is 0 Å². The Labute approximate surface area is 152 Å². The number of hydrogen-bond acceptors (Lipinski definition) is 5. The molecule has 6 nitrogen and oxygen atoms in total. The van der Waals surface area contributed by atoms with E-state index in [9.17, 15) is 4.79 Å².